The highest BCUT2D eigenvalue weighted by Crippen LogP contribution is 2.28. The molecule has 8 heteroatoms. The first-order chi connectivity index (χ1) is 12.8. The van der Waals surface area contributed by atoms with Gasteiger partial charge in [-0.05, 0) is 36.6 Å². The number of alkyl halides is 3. The second kappa shape index (κ2) is 7.69. The molecular formula is C19H17F3N2O3. The predicted molar refractivity (Wildman–Crippen MR) is 93.3 cm³/mol. The van der Waals surface area contributed by atoms with Gasteiger partial charge in [-0.15, -0.1) is 13.2 Å². The summed E-state index contributed by atoms with van der Waals surface area (Å²) in [7, 11) is 0. The Balaban J connectivity index is 1.54. The van der Waals surface area contributed by atoms with Gasteiger partial charge in [0.1, 0.15) is 5.75 Å². The number of fused-ring (bicyclic) bond motifs is 1. The predicted octanol–water partition coefficient (Wildman–Crippen LogP) is 4.11. The largest absolute Gasteiger partial charge is 0.573 e. The van der Waals surface area contributed by atoms with Crippen molar-refractivity contribution in [2.75, 3.05) is 10.6 Å². The topological polar surface area (TPSA) is 67.4 Å². The van der Waals surface area contributed by atoms with E-state index in [2.05, 4.69) is 15.4 Å². The van der Waals surface area contributed by atoms with E-state index in [1.807, 2.05) is 24.3 Å². The van der Waals surface area contributed by atoms with Crippen LogP contribution in [0.2, 0.25) is 0 Å². The smallest absolute Gasteiger partial charge is 0.406 e. The number of rotatable bonds is 5. The van der Waals surface area contributed by atoms with Crippen LogP contribution in [-0.4, -0.2) is 18.2 Å². The van der Waals surface area contributed by atoms with Gasteiger partial charge in [-0.2, -0.15) is 0 Å². The van der Waals surface area contributed by atoms with Crippen LogP contribution in [0.3, 0.4) is 0 Å². The Bertz CT molecular complexity index is 852. The average Bonchev–Trinajstić information content (AvgIpc) is 2.58. The zero-order valence-electron chi connectivity index (χ0n) is 14.2. The normalized spacial score (nSPS) is 16.3. The lowest BCUT2D eigenvalue weighted by atomic mass is 9.89. The van der Waals surface area contributed by atoms with Crippen LogP contribution in [-0.2, 0) is 16.0 Å². The molecule has 1 aliphatic heterocycles. The monoisotopic (exact) mass is 378 g/mol. The molecule has 2 amide bonds. The van der Waals surface area contributed by atoms with Crippen molar-refractivity contribution in [2.24, 2.45) is 5.92 Å². The Morgan fingerprint density at radius 2 is 1.96 bits per heavy atom. The maximum atomic E-state index is 12.3. The van der Waals surface area contributed by atoms with Crippen molar-refractivity contribution < 1.29 is 27.5 Å². The molecule has 142 valence electrons. The van der Waals surface area contributed by atoms with Crippen LogP contribution >= 0.6 is 0 Å². The van der Waals surface area contributed by atoms with Crippen LogP contribution < -0.4 is 15.4 Å². The molecule has 0 spiro atoms. The number of ether oxygens (including phenoxy) is 1. The van der Waals surface area contributed by atoms with E-state index in [0.717, 1.165) is 23.4 Å². The molecule has 0 unspecified atom stereocenters. The van der Waals surface area contributed by atoms with E-state index in [0.29, 0.717) is 12.8 Å². The van der Waals surface area contributed by atoms with Crippen molar-refractivity contribution >= 4 is 23.2 Å². The maximum Gasteiger partial charge on any atom is 0.573 e. The van der Waals surface area contributed by atoms with Crippen molar-refractivity contribution in [3.63, 3.8) is 0 Å². The summed E-state index contributed by atoms with van der Waals surface area (Å²) >= 11 is 0. The minimum atomic E-state index is -4.80. The highest BCUT2D eigenvalue weighted by molar-refractivity contribution is 5.96. The minimum absolute atomic E-state index is 0.0740. The molecule has 0 radical (unpaired) electrons. The molecule has 1 heterocycles. The Labute approximate surface area is 153 Å². The first-order valence-corrected chi connectivity index (χ1v) is 8.34. The number of halogens is 3. The zero-order valence-corrected chi connectivity index (χ0v) is 14.2. The molecule has 1 aliphatic rings. The number of carbonyl (C=O) groups excluding carboxylic acids is 2. The van der Waals surface area contributed by atoms with E-state index in [1.165, 1.54) is 12.1 Å². The van der Waals surface area contributed by atoms with Gasteiger partial charge in [0.2, 0.25) is 11.8 Å². The summed E-state index contributed by atoms with van der Waals surface area (Å²) in [6.45, 7) is 0. The van der Waals surface area contributed by atoms with E-state index >= 15 is 0 Å². The van der Waals surface area contributed by atoms with Crippen molar-refractivity contribution in [3.05, 3.63) is 54.1 Å². The molecule has 1 atom stereocenters. The van der Waals surface area contributed by atoms with Crippen LogP contribution in [0.5, 0.6) is 5.75 Å². The number of nitrogens with one attached hydrogen (secondary N) is 2. The maximum absolute atomic E-state index is 12.3. The van der Waals surface area contributed by atoms with Crippen molar-refractivity contribution in [1.82, 2.24) is 0 Å². The highest BCUT2D eigenvalue weighted by atomic mass is 19.4. The number of hydrogen-bond acceptors (Lipinski definition) is 3. The van der Waals surface area contributed by atoms with E-state index < -0.39 is 12.1 Å². The van der Waals surface area contributed by atoms with Gasteiger partial charge in [-0.1, -0.05) is 24.3 Å². The van der Waals surface area contributed by atoms with Crippen LogP contribution in [0.15, 0.2) is 48.5 Å². The van der Waals surface area contributed by atoms with Gasteiger partial charge in [-0.25, -0.2) is 0 Å². The zero-order chi connectivity index (χ0) is 19.4. The summed E-state index contributed by atoms with van der Waals surface area (Å²) in [6.07, 6.45) is -3.84. The summed E-state index contributed by atoms with van der Waals surface area (Å²) in [5, 5.41) is 5.34. The summed E-state index contributed by atoms with van der Waals surface area (Å²) in [4.78, 5) is 24.2. The SMILES string of the molecule is O=C(CC[C@H]1Cc2ccccc2NC1=O)Nc1cccc(OC(F)(F)F)c1. The minimum Gasteiger partial charge on any atom is -0.406 e. The molecule has 2 N–H and O–H groups in total. The number of amides is 2. The Morgan fingerprint density at radius 1 is 1.19 bits per heavy atom. The Kier molecular flexibility index (Phi) is 5.34. The first kappa shape index (κ1) is 18.8. The summed E-state index contributed by atoms with van der Waals surface area (Å²) < 4.78 is 40.6. The molecule has 0 saturated heterocycles. The van der Waals surface area contributed by atoms with Crippen LogP contribution in [0, 0.1) is 5.92 Å². The van der Waals surface area contributed by atoms with Crippen molar-refractivity contribution in [2.45, 2.75) is 25.6 Å². The Hall–Kier alpha value is -3.03. The lowest BCUT2D eigenvalue weighted by Gasteiger charge is -2.24. The van der Waals surface area contributed by atoms with E-state index in [1.54, 1.807) is 0 Å². The van der Waals surface area contributed by atoms with Gasteiger partial charge in [0.25, 0.3) is 0 Å². The van der Waals surface area contributed by atoms with Crippen LogP contribution in [0.25, 0.3) is 0 Å². The fraction of sp³-hybridized carbons (Fsp3) is 0.263. The molecule has 0 saturated carbocycles. The Morgan fingerprint density at radius 3 is 2.74 bits per heavy atom. The van der Waals surface area contributed by atoms with Gasteiger partial charge in [0, 0.05) is 29.8 Å². The van der Waals surface area contributed by atoms with Gasteiger partial charge in [0.15, 0.2) is 0 Å². The van der Waals surface area contributed by atoms with Crippen LogP contribution in [0.4, 0.5) is 24.5 Å². The summed E-state index contributed by atoms with van der Waals surface area (Å²) in [5.74, 6) is -1.26. The molecule has 2 aromatic carbocycles. The quantitative estimate of drug-likeness (QED) is 0.823. The van der Waals surface area contributed by atoms with Crippen molar-refractivity contribution in [3.8, 4) is 5.75 Å². The van der Waals surface area contributed by atoms with Crippen molar-refractivity contribution in [1.29, 1.82) is 0 Å². The first-order valence-electron chi connectivity index (χ1n) is 8.34. The van der Waals surface area contributed by atoms with E-state index in [-0.39, 0.29) is 29.8 Å². The lowest BCUT2D eigenvalue weighted by molar-refractivity contribution is -0.274. The van der Waals surface area contributed by atoms with Gasteiger partial charge in [-0.3, -0.25) is 9.59 Å². The van der Waals surface area contributed by atoms with Gasteiger partial charge >= 0.3 is 6.36 Å². The summed E-state index contributed by atoms with van der Waals surface area (Å²) in [6, 6.07) is 12.5. The number of para-hydroxylation sites is 1. The summed E-state index contributed by atoms with van der Waals surface area (Å²) in [5.41, 5.74) is 1.99. The molecule has 2 aromatic rings. The fourth-order valence-corrected chi connectivity index (χ4v) is 2.95. The third-order valence-corrected chi connectivity index (χ3v) is 4.18. The highest BCUT2D eigenvalue weighted by Gasteiger charge is 2.31. The van der Waals surface area contributed by atoms with Gasteiger partial charge in [0.05, 0.1) is 0 Å². The molecule has 0 fully saturated rings. The second-order valence-corrected chi connectivity index (χ2v) is 6.21. The van der Waals surface area contributed by atoms with E-state index in [9.17, 15) is 22.8 Å². The molecule has 3 rings (SSSR count). The number of hydrogen-bond donors (Lipinski definition) is 2. The fourth-order valence-electron chi connectivity index (χ4n) is 2.95. The number of carbonyl (C=O) groups is 2. The molecule has 27 heavy (non-hydrogen) atoms. The molecular weight excluding hydrogens is 361 g/mol. The third-order valence-electron chi connectivity index (χ3n) is 4.18. The lowest BCUT2D eigenvalue weighted by Crippen LogP contribution is -2.30. The molecule has 0 aliphatic carbocycles. The second-order valence-electron chi connectivity index (χ2n) is 6.21. The third kappa shape index (κ3) is 5.22. The molecule has 5 nitrogen and oxygen atoms in total. The number of anilines is 2. The standard InChI is InChI=1S/C19H17F3N2O3/c20-19(21,22)27-15-6-3-5-14(11-15)23-17(25)9-8-13-10-12-4-1-2-7-16(12)24-18(13)26/h1-7,11,13H,8-10H2,(H,23,25)(H,24,26)/t13-/m0/s1. The number of benzene rings is 2. The molecule has 0 aromatic heterocycles. The molecule has 0 bridgehead atoms. The average molecular weight is 378 g/mol. The van der Waals surface area contributed by atoms with Crippen LogP contribution in [0.1, 0.15) is 18.4 Å². The van der Waals surface area contributed by atoms with Gasteiger partial charge < -0.3 is 15.4 Å². The van der Waals surface area contributed by atoms with E-state index in [4.69, 9.17) is 0 Å².